The molecular formula is C15H19F3N2O2. The van der Waals surface area contributed by atoms with Gasteiger partial charge in [-0.05, 0) is 36.6 Å². The van der Waals surface area contributed by atoms with Crippen LogP contribution in [0.5, 0.6) is 5.75 Å². The van der Waals surface area contributed by atoms with E-state index in [-0.39, 0.29) is 24.0 Å². The summed E-state index contributed by atoms with van der Waals surface area (Å²) in [5, 5.41) is 11.9. The van der Waals surface area contributed by atoms with Gasteiger partial charge in [-0.25, -0.2) is 0 Å². The van der Waals surface area contributed by atoms with Crippen molar-refractivity contribution < 1.29 is 23.1 Å². The van der Waals surface area contributed by atoms with E-state index in [0.29, 0.717) is 26.1 Å². The number of nitrogens with zero attached hydrogens (tertiary/aromatic N) is 1. The Bertz CT molecular complexity index is 503. The number of rotatable bonds is 5. The molecule has 1 heterocycles. The predicted octanol–water partition coefficient (Wildman–Crippen LogP) is 1.94. The highest BCUT2D eigenvalue weighted by molar-refractivity contribution is 5.78. The van der Waals surface area contributed by atoms with Crippen LogP contribution in [-0.2, 0) is 11.2 Å². The molecule has 2 N–H and O–H groups in total. The van der Waals surface area contributed by atoms with Gasteiger partial charge in [-0.1, -0.05) is 12.1 Å². The predicted molar refractivity (Wildman–Crippen MR) is 75.4 cm³/mol. The van der Waals surface area contributed by atoms with Crippen LogP contribution in [0.25, 0.3) is 0 Å². The van der Waals surface area contributed by atoms with E-state index in [4.69, 9.17) is 5.11 Å². The van der Waals surface area contributed by atoms with Gasteiger partial charge in [0.05, 0.1) is 13.0 Å². The number of carbonyl (C=O) groups is 1. The van der Waals surface area contributed by atoms with Crippen LogP contribution < -0.4 is 5.32 Å². The van der Waals surface area contributed by atoms with Crippen molar-refractivity contribution in [1.82, 2.24) is 10.2 Å². The smallest absolute Gasteiger partial charge is 0.401 e. The Morgan fingerprint density at radius 3 is 2.64 bits per heavy atom. The quantitative estimate of drug-likeness (QED) is 0.873. The number of phenolic OH excluding ortho intramolecular Hbond substituents is 1. The van der Waals surface area contributed by atoms with Crippen LogP contribution in [0.15, 0.2) is 24.3 Å². The number of phenols is 1. The zero-order valence-electron chi connectivity index (χ0n) is 12.1. The fraction of sp³-hybridized carbons (Fsp3) is 0.533. The van der Waals surface area contributed by atoms with E-state index in [2.05, 4.69) is 5.32 Å². The molecule has 0 spiro atoms. The van der Waals surface area contributed by atoms with E-state index < -0.39 is 12.7 Å². The Hall–Kier alpha value is -1.76. The van der Waals surface area contributed by atoms with Gasteiger partial charge in [0.15, 0.2) is 0 Å². The molecule has 1 aromatic rings. The van der Waals surface area contributed by atoms with Crippen LogP contribution in [0.1, 0.15) is 12.0 Å². The van der Waals surface area contributed by atoms with E-state index in [1.54, 1.807) is 12.1 Å². The Kier molecular flexibility index (Phi) is 5.28. The van der Waals surface area contributed by atoms with Crippen LogP contribution in [0.4, 0.5) is 13.2 Å². The summed E-state index contributed by atoms with van der Waals surface area (Å²) in [6.07, 6.45) is -3.31. The maximum absolute atomic E-state index is 12.3. The van der Waals surface area contributed by atoms with Crippen LogP contribution in [-0.4, -0.2) is 48.3 Å². The highest BCUT2D eigenvalue weighted by Gasteiger charge is 2.34. The molecule has 7 heteroatoms. The number of benzene rings is 1. The van der Waals surface area contributed by atoms with Crippen LogP contribution in [0.2, 0.25) is 0 Å². The number of amides is 1. The Morgan fingerprint density at radius 2 is 2.00 bits per heavy atom. The monoisotopic (exact) mass is 316 g/mol. The van der Waals surface area contributed by atoms with Gasteiger partial charge in [0, 0.05) is 13.1 Å². The van der Waals surface area contributed by atoms with E-state index in [1.807, 2.05) is 0 Å². The van der Waals surface area contributed by atoms with Crippen molar-refractivity contribution in [1.29, 1.82) is 0 Å². The third kappa shape index (κ3) is 5.55. The highest BCUT2D eigenvalue weighted by atomic mass is 19.4. The molecule has 0 radical (unpaired) electrons. The van der Waals surface area contributed by atoms with Crippen molar-refractivity contribution in [2.75, 3.05) is 26.2 Å². The number of likely N-dealkylation sites (tertiary alicyclic amines) is 1. The van der Waals surface area contributed by atoms with Crippen molar-refractivity contribution in [3.63, 3.8) is 0 Å². The first-order chi connectivity index (χ1) is 10.3. The second-order valence-electron chi connectivity index (χ2n) is 5.65. The molecule has 0 bridgehead atoms. The summed E-state index contributed by atoms with van der Waals surface area (Å²) < 4.78 is 36.9. The SMILES string of the molecule is O=C(Cc1ccc(O)cc1)NCC1CCN(CC(F)(F)F)C1. The topological polar surface area (TPSA) is 52.6 Å². The second kappa shape index (κ2) is 7.00. The minimum absolute atomic E-state index is 0.0612. The number of hydrogen-bond donors (Lipinski definition) is 2. The van der Waals surface area contributed by atoms with Crippen molar-refractivity contribution in [2.24, 2.45) is 5.92 Å². The summed E-state index contributed by atoms with van der Waals surface area (Å²) in [7, 11) is 0. The zero-order valence-corrected chi connectivity index (χ0v) is 12.1. The van der Waals surface area contributed by atoms with E-state index >= 15 is 0 Å². The summed E-state index contributed by atoms with van der Waals surface area (Å²) in [5.41, 5.74) is 0.778. The van der Waals surface area contributed by atoms with Crippen LogP contribution >= 0.6 is 0 Å². The minimum atomic E-state index is -4.17. The molecular weight excluding hydrogens is 297 g/mol. The Balaban J connectivity index is 1.70. The first kappa shape index (κ1) is 16.6. The summed E-state index contributed by atoms with van der Waals surface area (Å²) in [5.74, 6) is 0.0333. The lowest BCUT2D eigenvalue weighted by molar-refractivity contribution is -0.143. The minimum Gasteiger partial charge on any atom is -0.508 e. The molecule has 0 aromatic heterocycles. The van der Waals surface area contributed by atoms with Gasteiger partial charge in [-0.15, -0.1) is 0 Å². The van der Waals surface area contributed by atoms with Crippen molar-refractivity contribution >= 4 is 5.91 Å². The maximum Gasteiger partial charge on any atom is 0.401 e. The fourth-order valence-electron chi connectivity index (χ4n) is 2.60. The third-order valence-corrected chi connectivity index (χ3v) is 3.66. The summed E-state index contributed by atoms with van der Waals surface area (Å²) in [6, 6.07) is 6.34. The molecule has 1 aromatic carbocycles. The largest absolute Gasteiger partial charge is 0.508 e. The van der Waals surface area contributed by atoms with Gasteiger partial charge in [0.2, 0.25) is 5.91 Å². The average molecular weight is 316 g/mol. The molecule has 122 valence electrons. The van der Waals surface area contributed by atoms with Crippen molar-refractivity contribution in [3.8, 4) is 5.75 Å². The molecule has 22 heavy (non-hydrogen) atoms. The molecule has 0 aliphatic carbocycles. The van der Waals surface area contributed by atoms with Gasteiger partial charge in [-0.2, -0.15) is 13.2 Å². The van der Waals surface area contributed by atoms with E-state index in [0.717, 1.165) is 5.56 Å². The first-order valence-corrected chi connectivity index (χ1v) is 7.15. The lowest BCUT2D eigenvalue weighted by Crippen LogP contribution is -2.35. The standard InChI is InChI=1S/C15H19F3N2O2/c16-15(17,18)10-20-6-5-12(9-20)8-19-14(22)7-11-1-3-13(21)4-2-11/h1-4,12,21H,5-10H2,(H,19,22). The highest BCUT2D eigenvalue weighted by Crippen LogP contribution is 2.22. The molecule has 2 rings (SSSR count). The lowest BCUT2D eigenvalue weighted by atomic mass is 10.1. The molecule has 1 aliphatic heterocycles. The molecule has 1 fully saturated rings. The average Bonchev–Trinajstić information content (AvgIpc) is 2.84. The van der Waals surface area contributed by atoms with E-state index in [1.165, 1.54) is 17.0 Å². The van der Waals surface area contributed by atoms with Gasteiger partial charge < -0.3 is 10.4 Å². The molecule has 4 nitrogen and oxygen atoms in total. The van der Waals surface area contributed by atoms with Gasteiger partial charge in [0.25, 0.3) is 0 Å². The number of aromatic hydroxyl groups is 1. The van der Waals surface area contributed by atoms with Crippen LogP contribution in [0, 0.1) is 5.92 Å². The number of halogens is 3. The number of alkyl halides is 3. The number of hydrogen-bond acceptors (Lipinski definition) is 3. The number of carbonyl (C=O) groups excluding carboxylic acids is 1. The summed E-state index contributed by atoms with van der Waals surface area (Å²) in [4.78, 5) is 13.2. The molecule has 0 saturated carbocycles. The summed E-state index contributed by atoms with van der Waals surface area (Å²) in [6.45, 7) is 0.285. The first-order valence-electron chi connectivity index (χ1n) is 7.15. The van der Waals surface area contributed by atoms with Gasteiger partial charge in [-0.3, -0.25) is 9.69 Å². The Morgan fingerprint density at radius 1 is 1.32 bits per heavy atom. The Labute approximate surface area is 126 Å². The van der Waals surface area contributed by atoms with Gasteiger partial charge in [0.1, 0.15) is 5.75 Å². The maximum atomic E-state index is 12.3. The summed E-state index contributed by atoms with van der Waals surface area (Å²) >= 11 is 0. The van der Waals surface area contributed by atoms with Crippen molar-refractivity contribution in [2.45, 2.75) is 19.0 Å². The zero-order chi connectivity index (χ0) is 16.2. The number of nitrogens with one attached hydrogen (secondary N) is 1. The van der Waals surface area contributed by atoms with Crippen LogP contribution in [0.3, 0.4) is 0 Å². The second-order valence-corrected chi connectivity index (χ2v) is 5.65. The molecule has 1 saturated heterocycles. The molecule has 1 amide bonds. The normalized spacial score (nSPS) is 19.3. The van der Waals surface area contributed by atoms with Gasteiger partial charge >= 0.3 is 6.18 Å². The van der Waals surface area contributed by atoms with Crippen molar-refractivity contribution in [3.05, 3.63) is 29.8 Å². The molecule has 1 atom stereocenters. The fourth-order valence-corrected chi connectivity index (χ4v) is 2.60. The van der Waals surface area contributed by atoms with E-state index in [9.17, 15) is 18.0 Å². The molecule has 1 unspecified atom stereocenters. The lowest BCUT2D eigenvalue weighted by Gasteiger charge is -2.18. The third-order valence-electron chi connectivity index (χ3n) is 3.66. The molecule has 1 aliphatic rings.